The maximum absolute atomic E-state index is 13.2. The van der Waals surface area contributed by atoms with E-state index in [-0.39, 0.29) is 5.91 Å². The second-order valence-electron chi connectivity index (χ2n) is 9.27. The summed E-state index contributed by atoms with van der Waals surface area (Å²) in [5.41, 5.74) is 3.02. The van der Waals surface area contributed by atoms with E-state index in [9.17, 15) is 4.79 Å². The maximum Gasteiger partial charge on any atom is 0.254 e. The average Bonchev–Trinajstić information content (AvgIpc) is 2.88. The molecule has 2 aliphatic rings. The van der Waals surface area contributed by atoms with Gasteiger partial charge in [0.25, 0.3) is 5.91 Å². The molecule has 0 aliphatic carbocycles. The standard InChI is InChI=1S/C28H38N2O4/c1-32-26-19-23-12-16-30(28(31)25(23)20-27(26)33-2)17-13-24-11-6-7-14-29(24)15-8-18-34-21-22-9-4-3-5-10-22/h3-5,9-10,19-20,24H,6-8,11-18,21H2,1-2H3. The number of hydrogen-bond acceptors (Lipinski definition) is 5. The second kappa shape index (κ2) is 12.2. The Balaban J connectivity index is 1.26. The summed E-state index contributed by atoms with van der Waals surface area (Å²) in [6, 6.07) is 14.7. The topological polar surface area (TPSA) is 51.2 Å². The fourth-order valence-electron chi connectivity index (χ4n) is 5.19. The zero-order chi connectivity index (χ0) is 23.8. The van der Waals surface area contributed by atoms with Crippen LogP contribution in [-0.2, 0) is 17.8 Å². The number of ether oxygens (including phenoxy) is 3. The molecule has 0 radical (unpaired) electrons. The summed E-state index contributed by atoms with van der Waals surface area (Å²) in [5.74, 6) is 1.41. The van der Waals surface area contributed by atoms with Gasteiger partial charge in [-0.2, -0.15) is 0 Å². The van der Waals surface area contributed by atoms with Gasteiger partial charge in [0, 0.05) is 37.8 Å². The van der Waals surface area contributed by atoms with Gasteiger partial charge in [-0.15, -0.1) is 0 Å². The monoisotopic (exact) mass is 466 g/mol. The van der Waals surface area contributed by atoms with E-state index < -0.39 is 0 Å². The molecule has 0 bridgehead atoms. The van der Waals surface area contributed by atoms with Gasteiger partial charge < -0.3 is 24.0 Å². The Bertz CT molecular complexity index is 934. The van der Waals surface area contributed by atoms with Crippen molar-refractivity contribution in [1.29, 1.82) is 0 Å². The summed E-state index contributed by atoms with van der Waals surface area (Å²) in [7, 11) is 3.24. The lowest BCUT2D eigenvalue weighted by Crippen LogP contribution is -2.44. The molecule has 2 aromatic rings. The number of carbonyl (C=O) groups is 1. The Morgan fingerprint density at radius 3 is 2.56 bits per heavy atom. The molecule has 2 aliphatic heterocycles. The number of fused-ring (bicyclic) bond motifs is 1. The lowest BCUT2D eigenvalue weighted by molar-refractivity contribution is 0.0672. The van der Waals surface area contributed by atoms with Crippen LogP contribution < -0.4 is 9.47 Å². The summed E-state index contributed by atoms with van der Waals surface area (Å²) >= 11 is 0. The van der Waals surface area contributed by atoms with E-state index in [0.29, 0.717) is 24.1 Å². The summed E-state index contributed by atoms with van der Waals surface area (Å²) < 4.78 is 16.7. The highest BCUT2D eigenvalue weighted by atomic mass is 16.5. The zero-order valence-electron chi connectivity index (χ0n) is 20.6. The van der Waals surface area contributed by atoms with Crippen LogP contribution in [0.3, 0.4) is 0 Å². The third-order valence-electron chi connectivity index (χ3n) is 7.10. The third kappa shape index (κ3) is 6.10. The molecule has 6 heteroatoms. The normalized spacial score (nSPS) is 18.6. The molecular formula is C28H38N2O4. The van der Waals surface area contributed by atoms with Gasteiger partial charge >= 0.3 is 0 Å². The first kappa shape index (κ1) is 24.6. The molecule has 0 aromatic heterocycles. The molecule has 0 spiro atoms. The first-order valence-electron chi connectivity index (χ1n) is 12.6. The number of carbonyl (C=O) groups excluding carboxylic acids is 1. The number of benzene rings is 2. The van der Waals surface area contributed by atoms with Gasteiger partial charge in [-0.25, -0.2) is 0 Å². The lowest BCUT2D eigenvalue weighted by Gasteiger charge is -2.37. The van der Waals surface area contributed by atoms with Crippen LogP contribution in [0, 0.1) is 0 Å². The highest BCUT2D eigenvalue weighted by Gasteiger charge is 2.28. The molecule has 6 nitrogen and oxygen atoms in total. The highest BCUT2D eigenvalue weighted by molar-refractivity contribution is 5.97. The van der Waals surface area contributed by atoms with Crippen molar-refractivity contribution in [2.75, 3.05) is 47.0 Å². The maximum atomic E-state index is 13.2. The number of likely N-dealkylation sites (tertiary alicyclic amines) is 1. The molecule has 2 heterocycles. The van der Waals surface area contributed by atoms with Gasteiger partial charge in [0.15, 0.2) is 11.5 Å². The van der Waals surface area contributed by atoms with Gasteiger partial charge in [0.05, 0.1) is 20.8 Å². The van der Waals surface area contributed by atoms with Crippen LogP contribution in [0.2, 0.25) is 0 Å². The van der Waals surface area contributed by atoms with E-state index in [1.54, 1.807) is 14.2 Å². The van der Waals surface area contributed by atoms with Crippen molar-refractivity contribution in [3.05, 3.63) is 59.2 Å². The van der Waals surface area contributed by atoms with Crippen molar-refractivity contribution < 1.29 is 19.0 Å². The number of piperidine rings is 1. The molecule has 1 unspecified atom stereocenters. The molecule has 0 saturated carbocycles. The van der Waals surface area contributed by atoms with Crippen molar-refractivity contribution in [1.82, 2.24) is 9.80 Å². The molecule has 184 valence electrons. The summed E-state index contributed by atoms with van der Waals surface area (Å²) in [6.45, 7) is 5.24. The van der Waals surface area contributed by atoms with Gasteiger partial charge in [0.2, 0.25) is 0 Å². The summed E-state index contributed by atoms with van der Waals surface area (Å²) in [5, 5.41) is 0. The zero-order valence-corrected chi connectivity index (χ0v) is 20.6. The predicted octanol–water partition coefficient (Wildman–Crippen LogP) is 4.55. The molecule has 1 saturated heterocycles. The van der Waals surface area contributed by atoms with Crippen molar-refractivity contribution in [2.24, 2.45) is 0 Å². The van der Waals surface area contributed by atoms with E-state index in [1.807, 2.05) is 23.1 Å². The SMILES string of the molecule is COc1cc2c(cc1OC)C(=O)N(CCC1CCCCN1CCCOCc1ccccc1)CC2. The fourth-order valence-corrected chi connectivity index (χ4v) is 5.19. The van der Waals surface area contributed by atoms with Gasteiger partial charge in [-0.3, -0.25) is 4.79 Å². The first-order chi connectivity index (χ1) is 16.7. The van der Waals surface area contributed by atoms with Gasteiger partial charge in [-0.05, 0) is 61.9 Å². The molecule has 2 aromatic carbocycles. The van der Waals surface area contributed by atoms with Crippen molar-refractivity contribution >= 4 is 5.91 Å². The van der Waals surface area contributed by atoms with E-state index in [4.69, 9.17) is 14.2 Å². The average molecular weight is 467 g/mol. The molecule has 34 heavy (non-hydrogen) atoms. The Morgan fingerprint density at radius 2 is 1.76 bits per heavy atom. The predicted molar refractivity (Wildman–Crippen MR) is 134 cm³/mol. The number of rotatable bonds is 11. The fraction of sp³-hybridized carbons (Fsp3) is 0.536. The van der Waals surface area contributed by atoms with Crippen LogP contribution in [0.5, 0.6) is 11.5 Å². The first-order valence-corrected chi connectivity index (χ1v) is 12.6. The minimum Gasteiger partial charge on any atom is -0.493 e. The minimum absolute atomic E-state index is 0.110. The quantitative estimate of drug-likeness (QED) is 0.455. The Labute approximate surface area is 203 Å². The van der Waals surface area contributed by atoms with Crippen molar-refractivity contribution in [3.8, 4) is 11.5 Å². The largest absolute Gasteiger partial charge is 0.493 e. The van der Waals surface area contributed by atoms with Crippen LogP contribution in [0.1, 0.15) is 53.6 Å². The Hall–Kier alpha value is -2.57. The number of hydrogen-bond donors (Lipinski definition) is 0. The van der Waals surface area contributed by atoms with E-state index in [1.165, 1.54) is 24.8 Å². The molecule has 4 rings (SSSR count). The molecule has 1 fully saturated rings. The Morgan fingerprint density at radius 1 is 0.971 bits per heavy atom. The number of amides is 1. The van der Waals surface area contributed by atoms with E-state index in [0.717, 1.165) is 63.2 Å². The third-order valence-corrected chi connectivity index (χ3v) is 7.10. The van der Waals surface area contributed by atoms with Crippen molar-refractivity contribution in [2.45, 2.75) is 51.2 Å². The minimum atomic E-state index is 0.110. The van der Waals surface area contributed by atoms with Crippen LogP contribution in [0.4, 0.5) is 0 Å². The van der Waals surface area contributed by atoms with Crippen LogP contribution >= 0.6 is 0 Å². The van der Waals surface area contributed by atoms with Gasteiger partial charge in [-0.1, -0.05) is 36.8 Å². The van der Waals surface area contributed by atoms with Crippen molar-refractivity contribution in [3.63, 3.8) is 0 Å². The molecule has 0 N–H and O–H groups in total. The van der Waals surface area contributed by atoms with Gasteiger partial charge in [0.1, 0.15) is 0 Å². The lowest BCUT2D eigenvalue weighted by atomic mass is 9.96. The molecular weight excluding hydrogens is 428 g/mol. The summed E-state index contributed by atoms with van der Waals surface area (Å²) in [6.07, 6.45) is 6.68. The summed E-state index contributed by atoms with van der Waals surface area (Å²) in [4.78, 5) is 17.8. The number of methoxy groups -OCH3 is 2. The van der Waals surface area contributed by atoms with Crippen LogP contribution in [-0.4, -0.2) is 68.8 Å². The van der Waals surface area contributed by atoms with E-state index in [2.05, 4.69) is 29.2 Å². The Kier molecular flexibility index (Phi) is 8.83. The molecule has 1 atom stereocenters. The van der Waals surface area contributed by atoms with Crippen LogP contribution in [0.25, 0.3) is 0 Å². The van der Waals surface area contributed by atoms with E-state index >= 15 is 0 Å². The highest BCUT2D eigenvalue weighted by Crippen LogP contribution is 2.33. The smallest absolute Gasteiger partial charge is 0.254 e. The second-order valence-corrected chi connectivity index (χ2v) is 9.27. The molecule has 1 amide bonds. The number of nitrogens with zero attached hydrogens (tertiary/aromatic N) is 2. The van der Waals surface area contributed by atoms with Crippen LogP contribution in [0.15, 0.2) is 42.5 Å².